The minimum Gasteiger partial charge on any atom is -0.493 e. The number of rotatable bonds is 6. The molecular weight excluding hydrogens is 276 g/mol. The second-order valence-electron chi connectivity index (χ2n) is 4.50. The van der Waals surface area contributed by atoms with Gasteiger partial charge in [0.15, 0.2) is 5.78 Å². The number of hydrogen-bond acceptors (Lipinski definition) is 3. The summed E-state index contributed by atoms with van der Waals surface area (Å²) < 4.78 is 7.18. The van der Waals surface area contributed by atoms with Crippen molar-refractivity contribution in [3.05, 3.63) is 46.7 Å². The van der Waals surface area contributed by atoms with Crippen molar-refractivity contribution in [2.75, 3.05) is 6.61 Å². The van der Waals surface area contributed by atoms with Gasteiger partial charge in [0.05, 0.1) is 17.8 Å². The highest BCUT2D eigenvalue weighted by Gasteiger charge is 2.16. The topological polar surface area (TPSA) is 44.1 Å². The molecule has 2 rings (SSSR count). The Morgan fingerprint density at radius 3 is 2.95 bits per heavy atom. The summed E-state index contributed by atoms with van der Waals surface area (Å²) in [7, 11) is 0. The highest BCUT2D eigenvalue weighted by Crippen LogP contribution is 2.18. The third kappa shape index (κ3) is 3.39. The smallest absolute Gasteiger partial charge is 0.185 e. The molecule has 4 nitrogen and oxygen atoms in total. The van der Waals surface area contributed by atoms with Gasteiger partial charge in [-0.2, -0.15) is 5.10 Å². The lowest BCUT2D eigenvalue weighted by Gasteiger charge is -2.07. The number of ketones is 1. The number of aryl methyl sites for hydroxylation is 2. The summed E-state index contributed by atoms with van der Waals surface area (Å²) in [5, 5.41) is 4.45. The maximum absolute atomic E-state index is 12.1. The van der Waals surface area contributed by atoms with Crippen molar-refractivity contribution >= 4 is 17.4 Å². The Morgan fingerprint density at radius 1 is 1.45 bits per heavy atom. The standard InChI is InChI=1S/C15H17ClN2O2/c1-3-18-15(13(16)10-17-18)14(19)7-8-20-12-6-4-5-11(2)9-12/h4-6,9-10H,3,7-8H2,1-2H3. The summed E-state index contributed by atoms with van der Waals surface area (Å²) in [6.45, 7) is 4.86. The van der Waals surface area contributed by atoms with E-state index in [1.807, 2.05) is 38.1 Å². The predicted molar refractivity (Wildman–Crippen MR) is 78.5 cm³/mol. The van der Waals surface area contributed by atoms with E-state index >= 15 is 0 Å². The highest BCUT2D eigenvalue weighted by molar-refractivity contribution is 6.33. The molecule has 2 aromatic rings. The number of ether oxygens (including phenoxy) is 1. The summed E-state index contributed by atoms with van der Waals surface area (Å²) in [4.78, 5) is 12.1. The second-order valence-corrected chi connectivity index (χ2v) is 4.90. The molecule has 1 heterocycles. The van der Waals surface area contributed by atoms with Crippen molar-refractivity contribution < 1.29 is 9.53 Å². The van der Waals surface area contributed by atoms with Gasteiger partial charge in [-0.3, -0.25) is 9.48 Å². The fraction of sp³-hybridized carbons (Fsp3) is 0.333. The first-order valence-electron chi connectivity index (χ1n) is 6.55. The molecule has 0 atom stereocenters. The molecule has 20 heavy (non-hydrogen) atoms. The molecule has 0 saturated heterocycles. The van der Waals surface area contributed by atoms with Crippen molar-refractivity contribution in [3.8, 4) is 5.75 Å². The monoisotopic (exact) mass is 292 g/mol. The van der Waals surface area contributed by atoms with Gasteiger partial charge in [0.1, 0.15) is 11.4 Å². The van der Waals surface area contributed by atoms with E-state index in [0.717, 1.165) is 11.3 Å². The van der Waals surface area contributed by atoms with Crippen LogP contribution < -0.4 is 4.74 Å². The normalized spacial score (nSPS) is 10.6. The van der Waals surface area contributed by atoms with Crippen molar-refractivity contribution in [2.45, 2.75) is 26.8 Å². The van der Waals surface area contributed by atoms with Gasteiger partial charge in [-0.15, -0.1) is 0 Å². The molecule has 0 fully saturated rings. The van der Waals surface area contributed by atoms with Gasteiger partial charge >= 0.3 is 0 Å². The predicted octanol–water partition coefficient (Wildman–Crippen LogP) is 3.52. The molecule has 0 aliphatic carbocycles. The third-order valence-corrected chi connectivity index (χ3v) is 3.22. The van der Waals surface area contributed by atoms with Crippen LogP contribution in [0.1, 0.15) is 29.4 Å². The highest BCUT2D eigenvalue weighted by atomic mass is 35.5. The van der Waals surface area contributed by atoms with Gasteiger partial charge in [0.25, 0.3) is 0 Å². The molecule has 0 bridgehead atoms. The van der Waals surface area contributed by atoms with Crippen LogP contribution in [0.2, 0.25) is 5.02 Å². The number of carbonyl (C=O) groups is 1. The first-order chi connectivity index (χ1) is 9.61. The number of hydrogen-bond donors (Lipinski definition) is 0. The largest absolute Gasteiger partial charge is 0.493 e. The zero-order valence-corrected chi connectivity index (χ0v) is 12.4. The summed E-state index contributed by atoms with van der Waals surface area (Å²) >= 11 is 5.99. The molecule has 5 heteroatoms. The van der Waals surface area contributed by atoms with E-state index in [0.29, 0.717) is 23.9 Å². The molecule has 1 aromatic carbocycles. The summed E-state index contributed by atoms with van der Waals surface area (Å²) in [5.41, 5.74) is 1.59. The molecule has 0 N–H and O–H groups in total. The maximum atomic E-state index is 12.1. The van der Waals surface area contributed by atoms with Crippen LogP contribution in [-0.2, 0) is 6.54 Å². The lowest BCUT2D eigenvalue weighted by Crippen LogP contribution is -2.13. The molecule has 0 amide bonds. The molecule has 0 saturated carbocycles. The van der Waals surface area contributed by atoms with E-state index in [2.05, 4.69) is 5.10 Å². The van der Waals surface area contributed by atoms with Crippen molar-refractivity contribution in [1.82, 2.24) is 9.78 Å². The average Bonchev–Trinajstić information content (AvgIpc) is 2.80. The second kappa shape index (κ2) is 6.57. The minimum absolute atomic E-state index is 0.0537. The van der Waals surface area contributed by atoms with Crippen molar-refractivity contribution in [2.24, 2.45) is 0 Å². The van der Waals surface area contributed by atoms with Gasteiger partial charge in [-0.1, -0.05) is 23.7 Å². The van der Waals surface area contributed by atoms with E-state index in [9.17, 15) is 4.79 Å². The Labute approximate surface area is 123 Å². The maximum Gasteiger partial charge on any atom is 0.185 e. The van der Waals surface area contributed by atoms with Crippen LogP contribution in [0.4, 0.5) is 0 Å². The summed E-state index contributed by atoms with van der Waals surface area (Å²) in [5.74, 6) is 0.717. The first-order valence-corrected chi connectivity index (χ1v) is 6.93. The number of Topliss-reactive ketones (excluding diaryl/α,β-unsaturated/α-hetero) is 1. The van der Waals surface area contributed by atoms with E-state index in [-0.39, 0.29) is 12.2 Å². The minimum atomic E-state index is -0.0537. The van der Waals surface area contributed by atoms with Gasteiger partial charge in [-0.05, 0) is 31.5 Å². The quantitative estimate of drug-likeness (QED) is 0.765. The molecule has 106 valence electrons. The van der Waals surface area contributed by atoms with Crippen LogP contribution in [0.25, 0.3) is 0 Å². The first kappa shape index (κ1) is 14.6. The molecule has 0 unspecified atom stereocenters. The van der Waals surface area contributed by atoms with Crippen LogP contribution in [0, 0.1) is 6.92 Å². The lowest BCUT2D eigenvalue weighted by atomic mass is 10.2. The molecule has 0 aliphatic heterocycles. The molecule has 1 aromatic heterocycles. The fourth-order valence-electron chi connectivity index (χ4n) is 1.96. The zero-order chi connectivity index (χ0) is 14.5. The molecule has 0 aliphatic rings. The Hall–Kier alpha value is -1.81. The average molecular weight is 293 g/mol. The third-order valence-electron chi connectivity index (χ3n) is 2.95. The molecule has 0 spiro atoms. The number of aromatic nitrogens is 2. The van der Waals surface area contributed by atoms with Crippen LogP contribution in [-0.4, -0.2) is 22.2 Å². The Kier molecular flexibility index (Phi) is 4.79. The Balaban J connectivity index is 1.94. The number of carbonyl (C=O) groups excluding carboxylic acids is 1. The van der Waals surface area contributed by atoms with Gasteiger partial charge < -0.3 is 4.74 Å². The van der Waals surface area contributed by atoms with Crippen LogP contribution >= 0.6 is 11.6 Å². The fourth-order valence-corrected chi connectivity index (χ4v) is 2.21. The Morgan fingerprint density at radius 2 is 2.25 bits per heavy atom. The van der Waals surface area contributed by atoms with E-state index in [1.165, 1.54) is 6.20 Å². The van der Waals surface area contributed by atoms with Crippen molar-refractivity contribution in [3.63, 3.8) is 0 Å². The van der Waals surface area contributed by atoms with Crippen LogP contribution in [0.5, 0.6) is 5.75 Å². The SMILES string of the molecule is CCn1ncc(Cl)c1C(=O)CCOc1cccc(C)c1. The van der Waals surface area contributed by atoms with E-state index in [4.69, 9.17) is 16.3 Å². The van der Waals surface area contributed by atoms with E-state index < -0.39 is 0 Å². The van der Waals surface area contributed by atoms with Crippen LogP contribution in [0.15, 0.2) is 30.5 Å². The summed E-state index contributed by atoms with van der Waals surface area (Å²) in [6.07, 6.45) is 1.78. The van der Waals surface area contributed by atoms with Crippen molar-refractivity contribution in [1.29, 1.82) is 0 Å². The lowest BCUT2D eigenvalue weighted by molar-refractivity contribution is 0.0952. The van der Waals surface area contributed by atoms with Crippen LogP contribution in [0.3, 0.4) is 0 Å². The van der Waals surface area contributed by atoms with Gasteiger partial charge in [0.2, 0.25) is 0 Å². The molecule has 0 radical (unpaired) electrons. The Bertz CT molecular complexity index is 608. The summed E-state index contributed by atoms with van der Waals surface area (Å²) in [6, 6.07) is 7.74. The van der Waals surface area contributed by atoms with E-state index in [1.54, 1.807) is 4.68 Å². The zero-order valence-electron chi connectivity index (χ0n) is 11.6. The number of benzene rings is 1. The number of nitrogens with zero attached hydrogens (tertiary/aromatic N) is 2. The van der Waals surface area contributed by atoms with Gasteiger partial charge in [-0.25, -0.2) is 0 Å². The van der Waals surface area contributed by atoms with Gasteiger partial charge in [0, 0.05) is 13.0 Å². The number of halogens is 1. The molecular formula is C15H17ClN2O2.